The molecule has 1 N–H and O–H groups in total. The van der Waals surface area contributed by atoms with Gasteiger partial charge in [-0.2, -0.15) is 26.3 Å². The summed E-state index contributed by atoms with van der Waals surface area (Å²) in [4.78, 5) is 0. The number of halogens is 7. The van der Waals surface area contributed by atoms with Crippen LogP contribution in [0.2, 0.25) is 0 Å². The molecule has 0 unspecified atom stereocenters. The first kappa shape index (κ1) is 14.4. The van der Waals surface area contributed by atoms with Crippen molar-refractivity contribution in [1.29, 1.82) is 0 Å². The predicted octanol–water partition coefficient (Wildman–Crippen LogP) is 2.12. The number of hydrogen-bond acceptors (Lipinski definition) is 1. The Morgan fingerprint density at radius 3 is 1.17 bits per heavy atom. The molecule has 0 aromatic heterocycles. The molecule has 0 fully saturated rings. The first-order chi connectivity index (χ1) is 4.71. The lowest BCUT2D eigenvalue weighted by Gasteiger charge is -2.09. The largest absolute Gasteiger partial charge is 0.401 e. The third-order valence-corrected chi connectivity index (χ3v) is 0.651. The molecule has 0 aliphatic heterocycles. The molecule has 0 aromatic rings. The predicted molar refractivity (Wildman–Crippen MR) is 32.2 cm³/mol. The van der Waals surface area contributed by atoms with Crippen LogP contribution in [0, 0.1) is 0 Å². The molecule has 12 heavy (non-hydrogen) atoms. The van der Waals surface area contributed by atoms with Crippen LogP contribution in [0.15, 0.2) is 0 Å². The van der Waals surface area contributed by atoms with Crippen LogP contribution in [0.5, 0.6) is 0 Å². The molecule has 0 aliphatic carbocycles. The third kappa shape index (κ3) is 12.5. The quantitative estimate of drug-likeness (QED) is 0.699. The highest BCUT2D eigenvalue weighted by atomic mass is 35.5. The van der Waals surface area contributed by atoms with Crippen molar-refractivity contribution >= 4 is 12.4 Å². The molecule has 1 nitrogen and oxygen atoms in total. The zero-order chi connectivity index (χ0) is 9.12. The lowest BCUT2D eigenvalue weighted by atomic mass is 10.5. The average Bonchev–Trinajstić information content (AvgIpc) is 1.55. The van der Waals surface area contributed by atoms with E-state index < -0.39 is 25.4 Å². The molecule has 0 bridgehead atoms. The van der Waals surface area contributed by atoms with Gasteiger partial charge in [0.05, 0.1) is 13.1 Å². The monoisotopic (exact) mass is 217 g/mol. The molecule has 0 aliphatic rings. The van der Waals surface area contributed by atoms with E-state index in [4.69, 9.17) is 0 Å². The van der Waals surface area contributed by atoms with E-state index in [1.54, 1.807) is 0 Å². The molecule has 0 atom stereocenters. The lowest BCUT2D eigenvalue weighted by molar-refractivity contribution is -0.145. The standard InChI is InChI=1S/C4H5F6N.ClH/c5-3(6,7)1-11-2-4(8,9)10;/h11H,1-2H2;1H. The van der Waals surface area contributed by atoms with Gasteiger partial charge in [0.15, 0.2) is 0 Å². The van der Waals surface area contributed by atoms with E-state index in [1.165, 1.54) is 5.32 Å². The van der Waals surface area contributed by atoms with Gasteiger partial charge in [0, 0.05) is 0 Å². The first-order valence-electron chi connectivity index (χ1n) is 2.55. The Morgan fingerprint density at radius 1 is 0.750 bits per heavy atom. The van der Waals surface area contributed by atoms with Gasteiger partial charge in [0.2, 0.25) is 0 Å². The molecule has 0 heterocycles. The fourth-order valence-corrected chi connectivity index (χ4v) is 0.346. The summed E-state index contributed by atoms with van der Waals surface area (Å²) in [7, 11) is 0. The summed E-state index contributed by atoms with van der Waals surface area (Å²) in [5, 5.41) is 1.22. The maximum Gasteiger partial charge on any atom is 0.401 e. The third-order valence-electron chi connectivity index (χ3n) is 0.651. The van der Waals surface area contributed by atoms with E-state index in [2.05, 4.69) is 0 Å². The molecule has 0 rings (SSSR count). The second-order valence-corrected chi connectivity index (χ2v) is 1.83. The minimum atomic E-state index is -4.59. The molecule has 0 saturated carbocycles. The van der Waals surface area contributed by atoms with Gasteiger partial charge in [-0.25, -0.2) is 0 Å². The van der Waals surface area contributed by atoms with Crippen LogP contribution in [0.25, 0.3) is 0 Å². The van der Waals surface area contributed by atoms with Crippen LogP contribution in [0.4, 0.5) is 26.3 Å². The van der Waals surface area contributed by atoms with Crippen molar-refractivity contribution in [3.63, 3.8) is 0 Å². The highest BCUT2D eigenvalue weighted by Gasteiger charge is 2.31. The molecular weight excluding hydrogens is 211 g/mol. The molecule has 0 aromatic carbocycles. The Hall–Kier alpha value is -0.170. The van der Waals surface area contributed by atoms with E-state index in [0.29, 0.717) is 0 Å². The summed E-state index contributed by atoms with van der Waals surface area (Å²) in [5.74, 6) is 0. The maximum absolute atomic E-state index is 11.2. The Bertz CT molecular complexity index is 104. The Kier molecular flexibility index (Phi) is 5.69. The summed E-state index contributed by atoms with van der Waals surface area (Å²) in [6, 6.07) is 0. The van der Waals surface area contributed by atoms with Crippen molar-refractivity contribution in [2.24, 2.45) is 0 Å². The highest BCUT2D eigenvalue weighted by molar-refractivity contribution is 5.85. The van der Waals surface area contributed by atoms with Gasteiger partial charge in [-0.05, 0) is 0 Å². The Morgan fingerprint density at radius 2 is 1.00 bits per heavy atom. The number of rotatable bonds is 2. The topological polar surface area (TPSA) is 12.0 Å². The zero-order valence-corrected chi connectivity index (χ0v) is 6.41. The summed E-state index contributed by atoms with van der Waals surface area (Å²) >= 11 is 0. The van der Waals surface area contributed by atoms with Crippen molar-refractivity contribution in [1.82, 2.24) is 5.32 Å². The van der Waals surface area contributed by atoms with Crippen molar-refractivity contribution in [2.45, 2.75) is 12.4 Å². The molecule has 0 radical (unpaired) electrons. The van der Waals surface area contributed by atoms with E-state index in [-0.39, 0.29) is 12.4 Å². The summed E-state index contributed by atoms with van der Waals surface area (Å²) in [6.07, 6.45) is -9.18. The van der Waals surface area contributed by atoms with Gasteiger partial charge in [0.1, 0.15) is 0 Å². The van der Waals surface area contributed by atoms with Crippen LogP contribution < -0.4 is 5.32 Å². The fourth-order valence-electron chi connectivity index (χ4n) is 0.346. The minimum Gasteiger partial charge on any atom is -0.301 e. The molecule has 0 saturated heterocycles. The normalized spacial score (nSPS) is 12.5. The van der Waals surface area contributed by atoms with Gasteiger partial charge >= 0.3 is 12.4 Å². The van der Waals surface area contributed by atoms with Crippen molar-refractivity contribution in [3.8, 4) is 0 Å². The van der Waals surface area contributed by atoms with Gasteiger partial charge in [-0.3, -0.25) is 0 Å². The van der Waals surface area contributed by atoms with Gasteiger partial charge in [-0.1, -0.05) is 0 Å². The molecule has 0 amide bonds. The van der Waals surface area contributed by atoms with E-state index in [9.17, 15) is 26.3 Å². The maximum atomic E-state index is 11.2. The van der Waals surface area contributed by atoms with Crippen LogP contribution in [0.1, 0.15) is 0 Å². The van der Waals surface area contributed by atoms with Gasteiger partial charge in [-0.15, -0.1) is 12.4 Å². The number of hydrogen-bond donors (Lipinski definition) is 1. The van der Waals surface area contributed by atoms with Crippen LogP contribution in [-0.4, -0.2) is 25.4 Å². The molecule has 8 heteroatoms. The molecular formula is C4H6ClF6N. The van der Waals surface area contributed by atoms with Crippen molar-refractivity contribution in [3.05, 3.63) is 0 Å². The Labute approximate surface area is 70.5 Å². The van der Waals surface area contributed by atoms with Crippen LogP contribution in [-0.2, 0) is 0 Å². The fraction of sp³-hybridized carbons (Fsp3) is 1.00. The SMILES string of the molecule is Cl.FC(F)(F)CNCC(F)(F)F. The summed E-state index contributed by atoms with van der Waals surface area (Å²) < 4.78 is 67.2. The van der Waals surface area contributed by atoms with E-state index in [0.717, 1.165) is 0 Å². The smallest absolute Gasteiger partial charge is 0.301 e. The molecule has 0 spiro atoms. The lowest BCUT2D eigenvalue weighted by Crippen LogP contribution is -2.35. The van der Waals surface area contributed by atoms with Gasteiger partial charge in [0.25, 0.3) is 0 Å². The second kappa shape index (κ2) is 4.76. The number of alkyl halides is 6. The average molecular weight is 218 g/mol. The van der Waals surface area contributed by atoms with Crippen molar-refractivity contribution in [2.75, 3.05) is 13.1 Å². The number of nitrogens with one attached hydrogen (secondary N) is 1. The van der Waals surface area contributed by atoms with E-state index >= 15 is 0 Å². The van der Waals surface area contributed by atoms with E-state index in [1.807, 2.05) is 0 Å². The van der Waals surface area contributed by atoms with Crippen molar-refractivity contribution < 1.29 is 26.3 Å². The summed E-state index contributed by atoms with van der Waals surface area (Å²) in [5.41, 5.74) is 0. The molecule has 76 valence electrons. The Balaban J connectivity index is 0. The second-order valence-electron chi connectivity index (χ2n) is 1.83. The summed E-state index contributed by atoms with van der Waals surface area (Å²) in [6.45, 7) is -3.24. The zero-order valence-electron chi connectivity index (χ0n) is 5.59. The highest BCUT2D eigenvalue weighted by Crippen LogP contribution is 2.15. The van der Waals surface area contributed by atoms with Crippen LogP contribution >= 0.6 is 12.4 Å². The van der Waals surface area contributed by atoms with Gasteiger partial charge < -0.3 is 5.32 Å². The van der Waals surface area contributed by atoms with Crippen LogP contribution in [0.3, 0.4) is 0 Å². The first-order valence-corrected chi connectivity index (χ1v) is 2.55. The minimum absolute atomic E-state index is 0.